The molecule has 0 spiro atoms. The molecule has 15 heavy (non-hydrogen) atoms. The van der Waals surface area contributed by atoms with E-state index in [1.807, 2.05) is 0 Å². The van der Waals surface area contributed by atoms with Crippen LogP contribution in [0, 0.1) is 0 Å². The normalized spacial score (nSPS) is 20.1. The fourth-order valence-corrected chi connectivity index (χ4v) is 7.22. The highest BCUT2D eigenvalue weighted by Gasteiger charge is 2.17. The molecule has 0 aromatic carbocycles. The van der Waals surface area contributed by atoms with Crippen molar-refractivity contribution in [3.8, 4) is 0 Å². The predicted molar refractivity (Wildman–Crippen MR) is 75.8 cm³/mol. The van der Waals surface area contributed by atoms with Gasteiger partial charge in [0.05, 0.1) is 0 Å². The largest absolute Gasteiger partial charge is 0.293 e. The summed E-state index contributed by atoms with van der Waals surface area (Å²) in [7, 11) is -0.960. The molecule has 0 N–H and O–H groups in total. The third-order valence-corrected chi connectivity index (χ3v) is 7.14. The van der Waals surface area contributed by atoms with Crippen molar-refractivity contribution >= 4 is 24.1 Å². The second kappa shape index (κ2) is 6.09. The molecule has 0 saturated heterocycles. The molecule has 1 saturated carbocycles. The van der Waals surface area contributed by atoms with Gasteiger partial charge in [-0.25, -0.2) is 0 Å². The molecule has 0 aromatic heterocycles. The van der Waals surface area contributed by atoms with Crippen LogP contribution in [0.2, 0.25) is 19.6 Å². The Labute approximate surface area is 99.8 Å². The Balaban J connectivity index is 2.28. The molecule has 1 fully saturated rings. The molecule has 0 radical (unpaired) electrons. The zero-order chi connectivity index (χ0) is 11.3. The van der Waals surface area contributed by atoms with Crippen LogP contribution in [0.5, 0.6) is 0 Å². The molecule has 0 aromatic rings. The van der Waals surface area contributed by atoms with Gasteiger partial charge in [0.25, 0.3) is 0 Å². The maximum absolute atomic E-state index is 4.79. The summed E-state index contributed by atoms with van der Waals surface area (Å²) in [4.78, 5) is 4.79. The third-order valence-electron chi connectivity index (χ3n) is 2.56. The Morgan fingerprint density at radius 3 is 2.33 bits per heavy atom. The summed E-state index contributed by atoms with van der Waals surface area (Å²) in [6.07, 6.45) is 6.69. The van der Waals surface area contributed by atoms with Crippen LogP contribution in [-0.2, 0) is 0 Å². The molecule has 1 atom stereocenters. The van der Waals surface area contributed by atoms with Crippen molar-refractivity contribution in [3.05, 3.63) is 0 Å². The molecule has 1 nitrogen and oxygen atoms in total. The molecule has 3 heteroatoms. The molecule has 0 amide bonds. The quantitative estimate of drug-likeness (QED) is 0.669. The van der Waals surface area contributed by atoms with Crippen LogP contribution in [0.3, 0.4) is 0 Å². The van der Waals surface area contributed by atoms with Crippen molar-refractivity contribution < 1.29 is 0 Å². The number of hydrogen-bond acceptors (Lipinski definition) is 2. The van der Waals surface area contributed by atoms with Gasteiger partial charge in [0.2, 0.25) is 0 Å². The van der Waals surface area contributed by atoms with E-state index in [9.17, 15) is 0 Å². The van der Waals surface area contributed by atoms with Gasteiger partial charge in [-0.1, -0.05) is 33.0 Å². The Kier molecular flexibility index (Phi) is 5.40. The van der Waals surface area contributed by atoms with Gasteiger partial charge >= 0.3 is 0 Å². The average molecular weight is 243 g/mol. The van der Waals surface area contributed by atoms with E-state index in [1.54, 1.807) is 0 Å². The summed E-state index contributed by atoms with van der Waals surface area (Å²) in [5.41, 5.74) is 1.49. The van der Waals surface area contributed by atoms with E-state index >= 15 is 0 Å². The first-order chi connectivity index (χ1) is 6.97. The Morgan fingerprint density at radius 2 is 1.80 bits per heavy atom. The van der Waals surface area contributed by atoms with Gasteiger partial charge in [-0.2, -0.15) is 11.2 Å². The Morgan fingerprint density at radius 1 is 1.20 bits per heavy atom. The van der Waals surface area contributed by atoms with Crippen molar-refractivity contribution in [2.24, 2.45) is 4.99 Å². The summed E-state index contributed by atoms with van der Waals surface area (Å²) in [6.45, 7) is 10.6. The molecule has 0 bridgehead atoms. The smallest absolute Gasteiger partial charge is 0.108 e. The monoisotopic (exact) mass is 243 g/mol. The first kappa shape index (κ1) is 13.3. The van der Waals surface area contributed by atoms with Crippen molar-refractivity contribution in [1.82, 2.24) is 0 Å². The minimum absolute atomic E-state index is 0.714. The van der Waals surface area contributed by atoms with E-state index in [1.165, 1.54) is 37.8 Å². The zero-order valence-corrected chi connectivity index (χ0v) is 12.5. The SMILES string of the molecule is CC(CN=C1CCCCC1)S[Si](C)(C)C. The molecule has 1 unspecified atom stereocenters. The van der Waals surface area contributed by atoms with Crippen molar-refractivity contribution in [2.75, 3.05) is 6.54 Å². The zero-order valence-electron chi connectivity index (χ0n) is 10.7. The van der Waals surface area contributed by atoms with Gasteiger partial charge in [0.1, 0.15) is 7.22 Å². The van der Waals surface area contributed by atoms with Crippen LogP contribution in [0.15, 0.2) is 4.99 Å². The summed E-state index contributed by atoms with van der Waals surface area (Å²) in [5, 5.41) is 0.714. The van der Waals surface area contributed by atoms with Gasteiger partial charge in [0.15, 0.2) is 0 Å². The first-order valence-corrected chi connectivity index (χ1v) is 11.3. The van der Waals surface area contributed by atoms with Crippen LogP contribution in [-0.4, -0.2) is 24.7 Å². The van der Waals surface area contributed by atoms with Crippen LogP contribution in [0.1, 0.15) is 39.0 Å². The molecule has 1 rings (SSSR count). The lowest BCUT2D eigenvalue weighted by molar-refractivity contribution is 0.662. The van der Waals surface area contributed by atoms with E-state index < -0.39 is 7.22 Å². The second-order valence-corrected chi connectivity index (χ2v) is 15.2. The number of aliphatic imine (C=N–C) groups is 1. The standard InChI is InChI=1S/C12H25NSSi/c1-11(14-15(2,3)4)10-13-12-8-6-5-7-9-12/h11H,5-10H2,1-4H3. The average Bonchev–Trinajstić information content (AvgIpc) is 2.14. The van der Waals surface area contributed by atoms with Crippen LogP contribution >= 0.6 is 11.2 Å². The summed E-state index contributed by atoms with van der Waals surface area (Å²) in [6, 6.07) is 0. The molecule has 1 aliphatic carbocycles. The Hall–Kier alpha value is 0.237. The maximum atomic E-state index is 4.79. The van der Waals surface area contributed by atoms with Crippen LogP contribution in [0.4, 0.5) is 0 Å². The van der Waals surface area contributed by atoms with Crippen molar-refractivity contribution in [2.45, 2.75) is 63.9 Å². The van der Waals surface area contributed by atoms with Crippen molar-refractivity contribution in [1.29, 1.82) is 0 Å². The van der Waals surface area contributed by atoms with Crippen LogP contribution < -0.4 is 0 Å². The highest BCUT2D eigenvalue weighted by molar-refractivity contribution is 8.29. The lowest BCUT2D eigenvalue weighted by atomic mass is 9.98. The fourth-order valence-electron chi connectivity index (χ4n) is 2.02. The third kappa shape index (κ3) is 6.41. The first-order valence-electron chi connectivity index (χ1n) is 6.17. The van der Waals surface area contributed by atoms with E-state index in [0.717, 1.165) is 6.54 Å². The predicted octanol–water partition coefficient (Wildman–Crippen LogP) is 4.35. The molecule has 88 valence electrons. The maximum Gasteiger partial charge on any atom is 0.108 e. The van der Waals surface area contributed by atoms with Gasteiger partial charge in [-0.15, -0.1) is 0 Å². The number of hydrogen-bond donors (Lipinski definition) is 0. The summed E-state index contributed by atoms with van der Waals surface area (Å²) in [5.74, 6) is 0. The fraction of sp³-hybridized carbons (Fsp3) is 0.917. The minimum atomic E-state index is -0.960. The lowest BCUT2D eigenvalue weighted by Crippen LogP contribution is -2.20. The van der Waals surface area contributed by atoms with E-state index in [2.05, 4.69) is 37.8 Å². The molecule has 0 heterocycles. The molecule has 1 aliphatic rings. The number of nitrogens with zero attached hydrogens (tertiary/aromatic N) is 1. The van der Waals surface area contributed by atoms with E-state index in [-0.39, 0.29) is 0 Å². The van der Waals surface area contributed by atoms with Gasteiger partial charge in [0, 0.05) is 17.5 Å². The Bertz CT molecular complexity index is 212. The van der Waals surface area contributed by atoms with Gasteiger partial charge < -0.3 is 0 Å². The summed E-state index contributed by atoms with van der Waals surface area (Å²) >= 11 is 2.18. The van der Waals surface area contributed by atoms with Gasteiger partial charge in [-0.05, 0) is 25.7 Å². The van der Waals surface area contributed by atoms with E-state index in [4.69, 9.17) is 4.99 Å². The molecule has 0 aliphatic heterocycles. The molecular formula is C12H25NSSi. The van der Waals surface area contributed by atoms with Gasteiger partial charge in [-0.3, -0.25) is 4.99 Å². The minimum Gasteiger partial charge on any atom is -0.293 e. The van der Waals surface area contributed by atoms with Crippen molar-refractivity contribution in [3.63, 3.8) is 0 Å². The highest BCUT2D eigenvalue weighted by Crippen LogP contribution is 2.25. The van der Waals surface area contributed by atoms with E-state index in [0.29, 0.717) is 5.25 Å². The number of rotatable bonds is 4. The second-order valence-electron chi connectivity index (χ2n) is 5.51. The lowest BCUT2D eigenvalue weighted by Gasteiger charge is -2.20. The highest BCUT2D eigenvalue weighted by atomic mass is 32.4. The summed E-state index contributed by atoms with van der Waals surface area (Å²) < 4.78 is 0. The van der Waals surface area contributed by atoms with Crippen LogP contribution in [0.25, 0.3) is 0 Å². The topological polar surface area (TPSA) is 12.4 Å². The molecular weight excluding hydrogens is 218 g/mol.